The molecular formula is C20H17N3O3. The Morgan fingerprint density at radius 2 is 1.73 bits per heavy atom. The van der Waals surface area contributed by atoms with E-state index in [1.165, 1.54) is 6.20 Å². The molecule has 3 aromatic rings. The number of nitrogens with two attached hydrogens (primary N) is 1. The molecule has 6 heteroatoms. The Morgan fingerprint density at radius 1 is 1.00 bits per heavy atom. The molecular weight excluding hydrogens is 330 g/mol. The number of para-hydroxylation sites is 2. The molecule has 0 fully saturated rings. The third-order valence-electron chi connectivity index (χ3n) is 4.75. The standard InChI is InChI=1S/C20H17N3O3/c21-20(26)19(25)15-11-22(17-8-4-2-6-14(15)17)12-18(24)23-10-9-13-5-1-3-7-16(13)23/h1-8,11H,9-10,12H2,(H2,21,26). The fourth-order valence-corrected chi connectivity index (χ4v) is 3.52. The van der Waals surface area contributed by atoms with Gasteiger partial charge >= 0.3 is 0 Å². The Bertz CT molecular complexity index is 1050. The molecule has 2 aromatic carbocycles. The van der Waals surface area contributed by atoms with Crippen molar-refractivity contribution >= 4 is 34.2 Å². The molecule has 0 aliphatic carbocycles. The molecule has 4 rings (SSSR count). The number of Topliss-reactive ketones (excluding diaryl/α,β-unsaturated/α-hetero) is 1. The molecule has 2 heterocycles. The largest absolute Gasteiger partial charge is 0.363 e. The zero-order valence-corrected chi connectivity index (χ0v) is 14.0. The summed E-state index contributed by atoms with van der Waals surface area (Å²) in [5, 5.41) is 0.617. The molecule has 0 radical (unpaired) electrons. The molecule has 0 unspecified atom stereocenters. The van der Waals surface area contributed by atoms with Crippen LogP contribution in [0.15, 0.2) is 54.7 Å². The Hall–Kier alpha value is -3.41. The molecule has 1 aliphatic heterocycles. The number of ketones is 1. The van der Waals surface area contributed by atoms with Crippen molar-refractivity contribution in [2.75, 3.05) is 11.4 Å². The first-order chi connectivity index (χ1) is 12.6. The molecule has 6 nitrogen and oxygen atoms in total. The highest BCUT2D eigenvalue weighted by atomic mass is 16.2. The predicted molar refractivity (Wildman–Crippen MR) is 98.0 cm³/mol. The third-order valence-corrected chi connectivity index (χ3v) is 4.75. The monoisotopic (exact) mass is 347 g/mol. The molecule has 0 saturated heterocycles. The summed E-state index contributed by atoms with van der Waals surface area (Å²) in [6, 6.07) is 15.0. The van der Waals surface area contributed by atoms with E-state index in [4.69, 9.17) is 5.73 Å². The van der Waals surface area contributed by atoms with Crippen molar-refractivity contribution in [1.82, 2.24) is 4.57 Å². The van der Waals surface area contributed by atoms with Gasteiger partial charge in [-0.2, -0.15) is 0 Å². The second kappa shape index (κ2) is 6.15. The van der Waals surface area contributed by atoms with Crippen molar-refractivity contribution < 1.29 is 14.4 Å². The number of nitrogens with zero attached hydrogens (tertiary/aromatic N) is 2. The Kier molecular flexibility index (Phi) is 3.80. The van der Waals surface area contributed by atoms with Gasteiger partial charge in [-0.15, -0.1) is 0 Å². The smallest absolute Gasteiger partial charge is 0.289 e. The first-order valence-corrected chi connectivity index (χ1v) is 8.36. The van der Waals surface area contributed by atoms with Gasteiger partial charge in [0, 0.05) is 29.3 Å². The summed E-state index contributed by atoms with van der Waals surface area (Å²) in [6.07, 6.45) is 2.37. The van der Waals surface area contributed by atoms with E-state index in [-0.39, 0.29) is 18.0 Å². The summed E-state index contributed by atoms with van der Waals surface area (Å²) < 4.78 is 1.70. The molecule has 130 valence electrons. The molecule has 26 heavy (non-hydrogen) atoms. The Balaban J connectivity index is 1.69. The molecule has 0 atom stereocenters. The van der Waals surface area contributed by atoms with Crippen LogP contribution in [0.5, 0.6) is 0 Å². The Morgan fingerprint density at radius 3 is 2.54 bits per heavy atom. The van der Waals surface area contributed by atoms with Crippen LogP contribution in [0.1, 0.15) is 15.9 Å². The first-order valence-electron chi connectivity index (χ1n) is 8.36. The summed E-state index contributed by atoms with van der Waals surface area (Å²) >= 11 is 0. The number of primary amides is 1. The lowest BCUT2D eigenvalue weighted by molar-refractivity contribution is -0.119. The maximum atomic E-state index is 12.9. The SMILES string of the molecule is NC(=O)C(=O)c1cn(CC(=O)N2CCc3ccccc32)c2ccccc12. The van der Waals surface area contributed by atoms with Crippen LogP contribution in [-0.2, 0) is 22.6 Å². The van der Waals surface area contributed by atoms with Crippen molar-refractivity contribution in [3.05, 3.63) is 65.9 Å². The maximum absolute atomic E-state index is 12.9. The second-order valence-corrected chi connectivity index (χ2v) is 6.31. The summed E-state index contributed by atoms with van der Waals surface area (Å²) in [7, 11) is 0. The molecule has 0 bridgehead atoms. The van der Waals surface area contributed by atoms with Gasteiger partial charge in [0.1, 0.15) is 6.54 Å². The van der Waals surface area contributed by atoms with Crippen LogP contribution in [0.4, 0.5) is 5.69 Å². The van der Waals surface area contributed by atoms with Gasteiger partial charge in [-0.25, -0.2) is 0 Å². The van der Waals surface area contributed by atoms with E-state index < -0.39 is 11.7 Å². The highest BCUT2D eigenvalue weighted by Gasteiger charge is 2.25. The van der Waals surface area contributed by atoms with Crippen molar-refractivity contribution in [2.45, 2.75) is 13.0 Å². The Labute approximate surface area is 149 Å². The van der Waals surface area contributed by atoms with Crippen LogP contribution in [-0.4, -0.2) is 28.7 Å². The van der Waals surface area contributed by atoms with Gasteiger partial charge in [0.05, 0.1) is 5.56 Å². The number of rotatable bonds is 4. The average Bonchev–Trinajstić information content (AvgIpc) is 3.23. The number of anilines is 1. The number of fused-ring (bicyclic) bond motifs is 2. The number of hydrogen-bond donors (Lipinski definition) is 1. The zero-order valence-electron chi connectivity index (χ0n) is 14.0. The molecule has 2 N–H and O–H groups in total. The van der Waals surface area contributed by atoms with E-state index in [1.54, 1.807) is 21.6 Å². The number of hydrogen-bond acceptors (Lipinski definition) is 3. The van der Waals surface area contributed by atoms with Gasteiger partial charge in [0.15, 0.2) is 0 Å². The number of benzene rings is 2. The predicted octanol–water partition coefficient (Wildman–Crippen LogP) is 1.90. The van der Waals surface area contributed by atoms with Crippen LogP contribution >= 0.6 is 0 Å². The lowest BCUT2D eigenvalue weighted by Crippen LogP contribution is -2.32. The van der Waals surface area contributed by atoms with Gasteiger partial charge in [-0.1, -0.05) is 36.4 Å². The first kappa shape index (κ1) is 16.1. The van der Waals surface area contributed by atoms with Crippen molar-refractivity contribution in [1.29, 1.82) is 0 Å². The number of carbonyl (C=O) groups is 3. The van der Waals surface area contributed by atoms with Crippen LogP contribution in [0.3, 0.4) is 0 Å². The van der Waals surface area contributed by atoms with Gasteiger partial charge < -0.3 is 15.2 Å². The van der Waals surface area contributed by atoms with Gasteiger partial charge in [-0.05, 0) is 24.1 Å². The van der Waals surface area contributed by atoms with Crippen molar-refractivity contribution in [3.63, 3.8) is 0 Å². The quantitative estimate of drug-likeness (QED) is 0.578. The van der Waals surface area contributed by atoms with Crippen LogP contribution in [0.2, 0.25) is 0 Å². The second-order valence-electron chi connectivity index (χ2n) is 6.31. The highest BCUT2D eigenvalue weighted by Crippen LogP contribution is 2.28. The minimum absolute atomic E-state index is 0.0613. The number of carbonyl (C=O) groups excluding carboxylic acids is 3. The lowest BCUT2D eigenvalue weighted by atomic mass is 10.1. The maximum Gasteiger partial charge on any atom is 0.289 e. The molecule has 1 aliphatic rings. The summed E-state index contributed by atoms with van der Waals surface area (Å²) in [5.74, 6) is -1.82. The molecule has 0 spiro atoms. The average molecular weight is 347 g/mol. The molecule has 1 aromatic heterocycles. The number of amides is 2. The minimum atomic E-state index is -1.01. The van der Waals surface area contributed by atoms with Crippen LogP contribution in [0.25, 0.3) is 10.9 Å². The summed E-state index contributed by atoms with van der Waals surface area (Å²) in [6.45, 7) is 0.728. The van der Waals surface area contributed by atoms with Crippen LogP contribution in [0, 0.1) is 0 Å². The lowest BCUT2D eigenvalue weighted by Gasteiger charge is -2.18. The van der Waals surface area contributed by atoms with Crippen molar-refractivity contribution in [2.24, 2.45) is 5.73 Å². The van der Waals surface area contributed by atoms with Gasteiger partial charge in [-0.3, -0.25) is 14.4 Å². The van der Waals surface area contributed by atoms with E-state index in [0.717, 1.165) is 23.2 Å². The molecule has 0 saturated carbocycles. The van der Waals surface area contributed by atoms with E-state index in [1.807, 2.05) is 36.4 Å². The van der Waals surface area contributed by atoms with E-state index in [0.29, 0.717) is 11.9 Å². The van der Waals surface area contributed by atoms with E-state index in [2.05, 4.69) is 0 Å². The minimum Gasteiger partial charge on any atom is -0.363 e. The number of aromatic nitrogens is 1. The van der Waals surface area contributed by atoms with E-state index >= 15 is 0 Å². The molecule has 2 amide bonds. The van der Waals surface area contributed by atoms with E-state index in [9.17, 15) is 14.4 Å². The highest BCUT2D eigenvalue weighted by molar-refractivity contribution is 6.44. The fourth-order valence-electron chi connectivity index (χ4n) is 3.52. The fraction of sp³-hybridized carbons (Fsp3) is 0.150. The summed E-state index contributed by atoms with van der Waals surface area (Å²) in [4.78, 5) is 38.0. The van der Waals surface area contributed by atoms with Crippen molar-refractivity contribution in [3.8, 4) is 0 Å². The van der Waals surface area contributed by atoms with Gasteiger partial charge in [0.25, 0.3) is 11.7 Å². The topological polar surface area (TPSA) is 85.4 Å². The third kappa shape index (κ3) is 2.56. The summed E-state index contributed by atoms with van der Waals surface area (Å²) in [5.41, 5.74) is 8.18. The zero-order chi connectivity index (χ0) is 18.3. The van der Waals surface area contributed by atoms with Crippen LogP contribution < -0.4 is 10.6 Å². The normalized spacial score (nSPS) is 13.0. The van der Waals surface area contributed by atoms with Gasteiger partial charge in [0.2, 0.25) is 5.91 Å².